The number of esters is 1. The number of hydrogen-bond donors (Lipinski definition) is 1. The zero-order valence-electron chi connectivity index (χ0n) is 17.4. The molecule has 0 aliphatic carbocycles. The molecule has 1 spiro atoms. The second-order valence-corrected chi connectivity index (χ2v) is 8.77. The molecule has 3 amide bonds. The van der Waals surface area contributed by atoms with Gasteiger partial charge in [0.2, 0.25) is 17.7 Å². The maximum absolute atomic E-state index is 13.8. The molecule has 4 aliphatic rings. The largest absolute Gasteiger partial charge is 0.427 e. The number of anilines is 2. The van der Waals surface area contributed by atoms with Gasteiger partial charge in [-0.1, -0.05) is 18.2 Å². The quantitative estimate of drug-likeness (QED) is 0.444. The van der Waals surface area contributed by atoms with Gasteiger partial charge in [-0.2, -0.15) is 0 Å². The molecule has 32 heavy (non-hydrogen) atoms. The summed E-state index contributed by atoms with van der Waals surface area (Å²) >= 11 is 0. The van der Waals surface area contributed by atoms with Crippen LogP contribution in [0.2, 0.25) is 0 Å². The third-order valence-corrected chi connectivity index (χ3v) is 7.26. The van der Waals surface area contributed by atoms with E-state index in [9.17, 15) is 19.2 Å². The number of nitrogens with one attached hydrogen (secondary N) is 1. The van der Waals surface area contributed by atoms with E-state index in [1.165, 1.54) is 11.8 Å². The Labute approximate surface area is 184 Å². The van der Waals surface area contributed by atoms with Crippen molar-refractivity contribution in [2.75, 3.05) is 16.8 Å². The van der Waals surface area contributed by atoms with Crippen molar-refractivity contribution in [2.24, 2.45) is 11.8 Å². The molecule has 2 aromatic rings. The first-order chi connectivity index (χ1) is 15.4. The lowest BCUT2D eigenvalue weighted by molar-refractivity contribution is -0.135. The number of amides is 3. The first-order valence-corrected chi connectivity index (χ1v) is 10.8. The van der Waals surface area contributed by atoms with Crippen LogP contribution in [0, 0.1) is 11.8 Å². The summed E-state index contributed by atoms with van der Waals surface area (Å²) in [7, 11) is 0. The zero-order valence-corrected chi connectivity index (χ0v) is 17.4. The van der Waals surface area contributed by atoms with Crippen LogP contribution in [0.4, 0.5) is 11.4 Å². The predicted molar refractivity (Wildman–Crippen MR) is 114 cm³/mol. The van der Waals surface area contributed by atoms with Crippen molar-refractivity contribution in [3.05, 3.63) is 54.1 Å². The summed E-state index contributed by atoms with van der Waals surface area (Å²) in [5.41, 5.74) is 0.726. The number of fused-ring (bicyclic) bond motifs is 7. The van der Waals surface area contributed by atoms with E-state index < -0.39 is 23.3 Å². The van der Waals surface area contributed by atoms with Crippen LogP contribution in [0.25, 0.3) is 0 Å². The van der Waals surface area contributed by atoms with Crippen LogP contribution in [-0.2, 0) is 24.7 Å². The third kappa shape index (κ3) is 2.25. The molecule has 0 aromatic heterocycles. The highest BCUT2D eigenvalue weighted by Crippen LogP contribution is 2.60. The van der Waals surface area contributed by atoms with Crippen molar-refractivity contribution in [2.45, 2.75) is 31.3 Å². The average molecular weight is 431 g/mol. The highest BCUT2D eigenvalue weighted by Gasteiger charge is 2.74. The van der Waals surface area contributed by atoms with Crippen molar-refractivity contribution >= 4 is 35.1 Å². The minimum Gasteiger partial charge on any atom is -0.427 e. The average Bonchev–Trinajstić information content (AvgIpc) is 3.47. The maximum Gasteiger partial charge on any atom is 0.308 e. The first kappa shape index (κ1) is 19.2. The van der Waals surface area contributed by atoms with Gasteiger partial charge < -0.3 is 10.1 Å². The molecule has 4 aliphatic heterocycles. The van der Waals surface area contributed by atoms with Crippen molar-refractivity contribution in [3.63, 3.8) is 0 Å². The van der Waals surface area contributed by atoms with E-state index >= 15 is 0 Å². The maximum atomic E-state index is 13.8. The van der Waals surface area contributed by atoms with Gasteiger partial charge in [0.05, 0.1) is 17.5 Å². The normalized spacial score (nSPS) is 30.5. The SMILES string of the molecule is CC(=O)Oc1ccc(N2C(=O)[C@H]3[C@H]4CCCN4[C@@]4(C(=O)Nc5ccccc54)[C@@H]3C2=O)cc1. The summed E-state index contributed by atoms with van der Waals surface area (Å²) in [4.78, 5) is 55.4. The zero-order chi connectivity index (χ0) is 22.2. The molecule has 162 valence electrons. The number of benzene rings is 2. The fraction of sp³-hybridized carbons (Fsp3) is 0.333. The lowest BCUT2D eigenvalue weighted by Gasteiger charge is -2.36. The van der Waals surface area contributed by atoms with Crippen LogP contribution in [0.15, 0.2) is 48.5 Å². The van der Waals surface area contributed by atoms with E-state index in [2.05, 4.69) is 10.2 Å². The molecular weight excluding hydrogens is 410 g/mol. The lowest BCUT2D eigenvalue weighted by Crippen LogP contribution is -2.54. The van der Waals surface area contributed by atoms with E-state index in [0.29, 0.717) is 23.7 Å². The number of imide groups is 1. The van der Waals surface area contributed by atoms with Gasteiger partial charge in [-0.15, -0.1) is 0 Å². The summed E-state index contributed by atoms with van der Waals surface area (Å²) in [6.07, 6.45) is 1.65. The molecule has 6 rings (SSSR count). The van der Waals surface area contributed by atoms with E-state index in [1.807, 2.05) is 24.3 Å². The van der Waals surface area contributed by atoms with Gasteiger partial charge >= 0.3 is 5.97 Å². The number of carbonyl (C=O) groups excluding carboxylic acids is 4. The fourth-order valence-corrected chi connectivity index (χ4v) is 6.24. The number of hydrogen-bond acceptors (Lipinski definition) is 6. The van der Waals surface area contributed by atoms with Gasteiger partial charge in [0.15, 0.2) is 0 Å². The Bertz CT molecular complexity index is 1190. The van der Waals surface area contributed by atoms with Crippen LogP contribution in [0.3, 0.4) is 0 Å². The van der Waals surface area contributed by atoms with Crippen LogP contribution >= 0.6 is 0 Å². The van der Waals surface area contributed by atoms with E-state index in [1.54, 1.807) is 24.3 Å². The first-order valence-electron chi connectivity index (χ1n) is 10.8. The van der Waals surface area contributed by atoms with E-state index in [4.69, 9.17) is 4.74 Å². The van der Waals surface area contributed by atoms with Crippen molar-refractivity contribution < 1.29 is 23.9 Å². The van der Waals surface area contributed by atoms with E-state index in [-0.39, 0.29) is 23.8 Å². The molecule has 1 N–H and O–H groups in total. The Morgan fingerprint density at radius 2 is 1.81 bits per heavy atom. The van der Waals surface area contributed by atoms with Gasteiger partial charge in [0, 0.05) is 24.2 Å². The Kier molecular flexibility index (Phi) is 3.89. The van der Waals surface area contributed by atoms with Crippen molar-refractivity contribution in [3.8, 4) is 5.75 Å². The minimum absolute atomic E-state index is 0.154. The van der Waals surface area contributed by atoms with Gasteiger partial charge in [0.25, 0.3) is 0 Å². The Morgan fingerprint density at radius 3 is 2.56 bits per heavy atom. The molecular formula is C24H21N3O5. The third-order valence-electron chi connectivity index (χ3n) is 7.26. The molecule has 0 saturated carbocycles. The summed E-state index contributed by atoms with van der Waals surface area (Å²) in [5, 5.41) is 2.96. The summed E-state index contributed by atoms with van der Waals surface area (Å²) in [6, 6.07) is 13.6. The Balaban J connectivity index is 1.46. The fourth-order valence-electron chi connectivity index (χ4n) is 6.24. The molecule has 4 heterocycles. The smallest absolute Gasteiger partial charge is 0.308 e. The second kappa shape index (κ2) is 6.49. The number of carbonyl (C=O) groups is 4. The molecule has 3 fully saturated rings. The molecule has 8 heteroatoms. The number of ether oxygens (including phenoxy) is 1. The molecule has 8 nitrogen and oxygen atoms in total. The molecule has 2 aromatic carbocycles. The van der Waals surface area contributed by atoms with Crippen LogP contribution < -0.4 is 15.0 Å². The Morgan fingerprint density at radius 1 is 1.06 bits per heavy atom. The van der Waals surface area contributed by atoms with Crippen LogP contribution in [0.5, 0.6) is 5.75 Å². The van der Waals surface area contributed by atoms with Gasteiger partial charge in [-0.3, -0.25) is 24.1 Å². The second-order valence-electron chi connectivity index (χ2n) is 8.77. The monoisotopic (exact) mass is 431 g/mol. The van der Waals surface area contributed by atoms with Gasteiger partial charge in [-0.25, -0.2) is 4.90 Å². The number of nitrogens with zero attached hydrogens (tertiary/aromatic N) is 2. The highest BCUT2D eigenvalue weighted by molar-refractivity contribution is 6.25. The Hall–Kier alpha value is -3.52. The topological polar surface area (TPSA) is 96.0 Å². The number of rotatable bonds is 2. The van der Waals surface area contributed by atoms with Crippen LogP contribution in [-0.4, -0.2) is 41.2 Å². The van der Waals surface area contributed by atoms with Crippen molar-refractivity contribution in [1.29, 1.82) is 0 Å². The van der Waals surface area contributed by atoms with Gasteiger partial charge in [-0.05, 0) is 49.7 Å². The van der Waals surface area contributed by atoms with Crippen molar-refractivity contribution in [1.82, 2.24) is 4.90 Å². The van der Waals surface area contributed by atoms with E-state index in [0.717, 1.165) is 18.4 Å². The molecule has 0 radical (unpaired) electrons. The van der Waals surface area contributed by atoms with Crippen LogP contribution in [0.1, 0.15) is 25.3 Å². The minimum atomic E-state index is -1.17. The predicted octanol–water partition coefficient (Wildman–Crippen LogP) is 2.04. The highest BCUT2D eigenvalue weighted by atomic mass is 16.5. The number of para-hydroxylation sites is 1. The summed E-state index contributed by atoms with van der Waals surface area (Å²) in [5.74, 6) is -2.33. The molecule has 0 bridgehead atoms. The molecule has 0 unspecified atom stereocenters. The summed E-state index contributed by atoms with van der Waals surface area (Å²) < 4.78 is 5.06. The lowest BCUT2D eigenvalue weighted by atomic mass is 9.75. The van der Waals surface area contributed by atoms with Gasteiger partial charge in [0.1, 0.15) is 11.3 Å². The molecule has 3 saturated heterocycles. The summed E-state index contributed by atoms with van der Waals surface area (Å²) in [6.45, 7) is 1.98. The molecule has 4 atom stereocenters. The standard InChI is InChI=1S/C24H21N3O5/c1-13(28)32-15-10-8-14(9-11-15)27-21(29)19-18-7-4-12-26(18)24(20(19)22(27)30)16-5-2-3-6-17(16)25-23(24)31/h2-3,5-6,8-11,18-20H,4,7,12H2,1H3,(H,25,31)/t18-,19+,20+,24-/m1/s1.